The van der Waals surface area contributed by atoms with E-state index in [1.807, 2.05) is 23.1 Å². The SMILES string of the molecule is COc1ccc(C(C)C)c(N2CCSC2=NC(=O)N/C=C(\F)c2ccc(-c3ncn(-c4ccc(OC(F)(F)F)cc4)n3)cc2)c1. The molecule has 0 atom stereocenters. The molecule has 0 spiro atoms. The van der Waals surface area contributed by atoms with Crippen molar-refractivity contribution in [2.24, 2.45) is 4.99 Å². The summed E-state index contributed by atoms with van der Waals surface area (Å²) in [4.78, 5) is 23.0. The Balaban J connectivity index is 1.23. The first-order chi connectivity index (χ1) is 21.5. The number of amidine groups is 1. The molecule has 0 aliphatic carbocycles. The fraction of sp³-hybridized carbons (Fsp3) is 0.226. The summed E-state index contributed by atoms with van der Waals surface area (Å²) in [6.45, 7) is 4.84. The molecule has 234 valence electrons. The Morgan fingerprint density at radius 3 is 2.44 bits per heavy atom. The van der Waals surface area contributed by atoms with Gasteiger partial charge >= 0.3 is 12.4 Å². The van der Waals surface area contributed by atoms with Crippen molar-refractivity contribution in [2.45, 2.75) is 26.1 Å². The molecular formula is C31H28F4N6O3S. The number of benzene rings is 3. The maximum atomic E-state index is 14.9. The molecule has 4 aromatic rings. The maximum Gasteiger partial charge on any atom is 0.573 e. The first-order valence-electron chi connectivity index (χ1n) is 13.7. The number of methoxy groups -OCH3 is 1. The van der Waals surface area contributed by atoms with Gasteiger partial charge in [-0.2, -0.15) is 4.99 Å². The second kappa shape index (κ2) is 13.4. The second-order valence-electron chi connectivity index (χ2n) is 10.0. The van der Waals surface area contributed by atoms with Crippen LogP contribution >= 0.6 is 11.8 Å². The minimum atomic E-state index is -4.78. The fourth-order valence-corrected chi connectivity index (χ4v) is 5.47. The molecule has 2 heterocycles. The number of rotatable bonds is 8. The molecule has 14 heteroatoms. The highest BCUT2D eigenvalue weighted by Crippen LogP contribution is 2.35. The number of carbonyl (C=O) groups is 1. The van der Waals surface area contributed by atoms with E-state index in [0.29, 0.717) is 34.5 Å². The van der Waals surface area contributed by atoms with E-state index >= 15 is 0 Å². The molecule has 1 aliphatic rings. The number of nitrogens with zero attached hydrogens (tertiary/aromatic N) is 5. The average Bonchev–Trinajstić information content (AvgIpc) is 3.69. The van der Waals surface area contributed by atoms with Crippen LogP contribution in [-0.4, -0.2) is 51.7 Å². The molecule has 1 aromatic heterocycles. The van der Waals surface area contributed by atoms with Crippen LogP contribution < -0.4 is 19.7 Å². The standard InChI is InChI=1S/C31H28F4N6O3S/c1-19(2)25-13-12-24(43-3)16-27(25)40-14-15-45-30(40)38-29(42)36-17-26(32)20-4-6-21(7-5-20)28-37-18-41(39-28)22-8-10-23(11-9-22)44-31(33,34)35/h4-13,16-19H,14-15H2,1-3H3,(H,36,42)/b26-17-,38-30?. The van der Waals surface area contributed by atoms with E-state index in [9.17, 15) is 22.4 Å². The highest BCUT2D eigenvalue weighted by Gasteiger charge is 2.31. The zero-order chi connectivity index (χ0) is 32.1. The Bertz CT molecular complexity index is 1720. The molecule has 5 rings (SSSR count). The molecule has 45 heavy (non-hydrogen) atoms. The predicted octanol–water partition coefficient (Wildman–Crippen LogP) is 7.55. The molecule has 0 saturated carbocycles. The third kappa shape index (κ3) is 7.81. The molecule has 3 aromatic carbocycles. The van der Waals surface area contributed by atoms with E-state index in [2.05, 4.69) is 39.0 Å². The summed E-state index contributed by atoms with van der Waals surface area (Å²) in [5, 5.41) is 7.25. The number of carbonyl (C=O) groups excluding carboxylic acids is 1. The monoisotopic (exact) mass is 640 g/mol. The van der Waals surface area contributed by atoms with Crippen LogP contribution in [0.1, 0.15) is 30.9 Å². The Morgan fingerprint density at radius 2 is 1.78 bits per heavy atom. The summed E-state index contributed by atoms with van der Waals surface area (Å²) >= 11 is 1.44. The maximum absolute atomic E-state index is 14.9. The molecule has 1 fully saturated rings. The Hall–Kier alpha value is -4.85. The molecule has 1 N–H and O–H groups in total. The van der Waals surface area contributed by atoms with Crippen molar-refractivity contribution >= 4 is 34.5 Å². The smallest absolute Gasteiger partial charge is 0.497 e. The lowest BCUT2D eigenvalue weighted by atomic mass is 10.00. The highest BCUT2D eigenvalue weighted by molar-refractivity contribution is 8.14. The first kappa shape index (κ1) is 31.6. The molecule has 0 unspecified atom stereocenters. The van der Waals surface area contributed by atoms with Gasteiger partial charge in [0.05, 0.1) is 12.8 Å². The number of nitrogens with one attached hydrogen (secondary N) is 1. The summed E-state index contributed by atoms with van der Waals surface area (Å²) < 4.78 is 62.8. The third-order valence-corrected chi connectivity index (χ3v) is 7.65. The minimum Gasteiger partial charge on any atom is -0.497 e. The number of amides is 2. The Kier molecular flexibility index (Phi) is 9.42. The van der Waals surface area contributed by atoms with Gasteiger partial charge in [-0.3, -0.25) is 0 Å². The van der Waals surface area contributed by atoms with E-state index in [-0.39, 0.29) is 17.2 Å². The summed E-state index contributed by atoms with van der Waals surface area (Å²) in [6, 6.07) is 16.5. The van der Waals surface area contributed by atoms with Gasteiger partial charge in [-0.05, 0) is 41.8 Å². The number of halogens is 4. The number of urea groups is 1. The van der Waals surface area contributed by atoms with Crippen LogP contribution in [0.5, 0.6) is 11.5 Å². The summed E-state index contributed by atoms with van der Waals surface area (Å²) in [5.41, 5.74) is 3.26. The Morgan fingerprint density at radius 1 is 1.07 bits per heavy atom. The van der Waals surface area contributed by atoms with E-state index in [1.165, 1.54) is 59.2 Å². The number of alkyl halides is 3. The summed E-state index contributed by atoms with van der Waals surface area (Å²) in [6.07, 6.45) is -2.42. The molecular weight excluding hydrogens is 612 g/mol. The van der Waals surface area contributed by atoms with Gasteiger partial charge in [0, 0.05) is 41.4 Å². The van der Waals surface area contributed by atoms with Crippen molar-refractivity contribution in [2.75, 3.05) is 24.3 Å². The largest absolute Gasteiger partial charge is 0.573 e. The predicted molar refractivity (Wildman–Crippen MR) is 165 cm³/mol. The summed E-state index contributed by atoms with van der Waals surface area (Å²) in [7, 11) is 1.60. The van der Waals surface area contributed by atoms with E-state index < -0.39 is 18.2 Å². The number of aromatic nitrogens is 3. The van der Waals surface area contributed by atoms with Gasteiger partial charge in [-0.1, -0.05) is 55.9 Å². The van der Waals surface area contributed by atoms with Crippen molar-refractivity contribution in [3.63, 3.8) is 0 Å². The number of aliphatic imine (C=N–C) groups is 1. The molecule has 9 nitrogen and oxygen atoms in total. The lowest BCUT2D eigenvalue weighted by molar-refractivity contribution is -0.274. The first-order valence-corrected chi connectivity index (χ1v) is 14.7. The fourth-order valence-electron chi connectivity index (χ4n) is 4.52. The topological polar surface area (TPSA) is 93.9 Å². The number of ether oxygens (including phenoxy) is 2. The van der Waals surface area contributed by atoms with Gasteiger partial charge in [0.25, 0.3) is 0 Å². The van der Waals surface area contributed by atoms with Crippen molar-refractivity contribution < 1.29 is 31.8 Å². The molecule has 1 saturated heterocycles. The zero-order valence-electron chi connectivity index (χ0n) is 24.4. The molecule has 0 radical (unpaired) electrons. The van der Waals surface area contributed by atoms with Gasteiger partial charge in [-0.15, -0.1) is 18.3 Å². The number of thioether (sulfide) groups is 1. The number of anilines is 1. The lowest BCUT2D eigenvalue weighted by Gasteiger charge is -2.23. The molecule has 1 aliphatic heterocycles. The van der Waals surface area contributed by atoms with Crippen LogP contribution in [0.2, 0.25) is 0 Å². The molecule has 0 bridgehead atoms. The van der Waals surface area contributed by atoms with Crippen LogP contribution in [0.25, 0.3) is 22.9 Å². The van der Waals surface area contributed by atoms with Crippen LogP contribution in [0, 0.1) is 0 Å². The van der Waals surface area contributed by atoms with Crippen LogP contribution in [0.3, 0.4) is 0 Å². The van der Waals surface area contributed by atoms with Crippen LogP contribution in [-0.2, 0) is 0 Å². The lowest BCUT2D eigenvalue weighted by Crippen LogP contribution is -2.27. The van der Waals surface area contributed by atoms with Gasteiger partial charge in [0.15, 0.2) is 11.0 Å². The van der Waals surface area contributed by atoms with E-state index in [1.54, 1.807) is 19.2 Å². The minimum absolute atomic E-state index is 0.209. The van der Waals surface area contributed by atoms with Gasteiger partial charge < -0.3 is 19.7 Å². The highest BCUT2D eigenvalue weighted by atomic mass is 32.2. The van der Waals surface area contributed by atoms with Crippen molar-refractivity contribution in [3.05, 3.63) is 90.4 Å². The van der Waals surface area contributed by atoms with Gasteiger partial charge in [-0.25, -0.2) is 18.9 Å². The average molecular weight is 641 g/mol. The van der Waals surface area contributed by atoms with Crippen molar-refractivity contribution in [1.29, 1.82) is 0 Å². The zero-order valence-corrected chi connectivity index (χ0v) is 25.2. The van der Waals surface area contributed by atoms with Crippen LogP contribution in [0.4, 0.5) is 28.0 Å². The second-order valence-corrected chi connectivity index (χ2v) is 11.1. The van der Waals surface area contributed by atoms with Crippen LogP contribution in [0.15, 0.2) is 84.2 Å². The van der Waals surface area contributed by atoms with Crippen molar-refractivity contribution in [3.8, 4) is 28.6 Å². The van der Waals surface area contributed by atoms with E-state index in [4.69, 9.17) is 4.74 Å². The number of hydrogen-bond acceptors (Lipinski definition) is 6. The summed E-state index contributed by atoms with van der Waals surface area (Å²) in [5.74, 6) is 0.968. The van der Waals surface area contributed by atoms with Gasteiger partial charge in [0.2, 0.25) is 0 Å². The number of hydrogen-bond donors (Lipinski definition) is 1. The third-order valence-electron chi connectivity index (χ3n) is 6.69. The van der Waals surface area contributed by atoms with Crippen molar-refractivity contribution in [1.82, 2.24) is 20.1 Å². The van der Waals surface area contributed by atoms with Gasteiger partial charge in [0.1, 0.15) is 23.7 Å². The van der Waals surface area contributed by atoms with E-state index in [0.717, 1.165) is 23.2 Å². The Labute approximate surface area is 260 Å². The quantitative estimate of drug-likeness (QED) is 0.199. The normalized spacial score (nSPS) is 14.7. The molecule has 2 amide bonds.